The molecule has 0 spiro atoms. The smallest absolute Gasteiger partial charge is 0.126 e. The second-order valence-corrected chi connectivity index (χ2v) is 5.11. The highest BCUT2D eigenvalue weighted by Crippen LogP contribution is 2.29. The van der Waals surface area contributed by atoms with Gasteiger partial charge in [-0.3, -0.25) is 0 Å². The van der Waals surface area contributed by atoms with E-state index in [1.807, 2.05) is 6.07 Å². The van der Waals surface area contributed by atoms with Crippen LogP contribution < -0.4 is 9.47 Å². The van der Waals surface area contributed by atoms with Gasteiger partial charge in [-0.2, -0.15) is 0 Å². The van der Waals surface area contributed by atoms with Crippen LogP contribution in [0.25, 0.3) is 0 Å². The van der Waals surface area contributed by atoms with Crippen molar-refractivity contribution in [1.82, 2.24) is 0 Å². The number of hydrogen-bond acceptors (Lipinski definition) is 2. The van der Waals surface area contributed by atoms with E-state index in [0.717, 1.165) is 49.9 Å². The number of hydrogen-bond donors (Lipinski definition) is 0. The van der Waals surface area contributed by atoms with Crippen LogP contribution in [-0.2, 0) is 6.42 Å². The zero-order valence-electron chi connectivity index (χ0n) is 10.9. The maximum atomic E-state index is 5.74. The Hall–Kier alpha value is -1.18. The van der Waals surface area contributed by atoms with Gasteiger partial charge in [-0.15, -0.1) is 0 Å². The van der Waals surface area contributed by atoms with Gasteiger partial charge in [0.2, 0.25) is 0 Å². The topological polar surface area (TPSA) is 18.5 Å². The second kappa shape index (κ2) is 5.95. The SMILES string of the molecule is CC(C)CCCOc1ccc2c(c1)OCCC2. The minimum absolute atomic E-state index is 0.755. The van der Waals surface area contributed by atoms with Gasteiger partial charge in [-0.1, -0.05) is 19.9 Å². The molecule has 2 nitrogen and oxygen atoms in total. The number of fused-ring (bicyclic) bond motifs is 1. The molecule has 17 heavy (non-hydrogen) atoms. The van der Waals surface area contributed by atoms with Gasteiger partial charge in [0.25, 0.3) is 0 Å². The third-order valence-electron chi connectivity index (χ3n) is 3.08. The van der Waals surface area contributed by atoms with E-state index in [1.165, 1.54) is 12.0 Å². The summed E-state index contributed by atoms with van der Waals surface area (Å²) in [7, 11) is 0. The van der Waals surface area contributed by atoms with Gasteiger partial charge in [0.05, 0.1) is 13.2 Å². The van der Waals surface area contributed by atoms with Crippen molar-refractivity contribution >= 4 is 0 Å². The van der Waals surface area contributed by atoms with E-state index in [0.29, 0.717) is 0 Å². The minimum atomic E-state index is 0.755. The lowest BCUT2D eigenvalue weighted by atomic mass is 10.1. The Bertz CT molecular complexity index is 358. The molecular formula is C15H22O2. The Labute approximate surface area is 104 Å². The van der Waals surface area contributed by atoms with Crippen LogP contribution in [0.2, 0.25) is 0 Å². The molecule has 94 valence electrons. The molecule has 1 aromatic carbocycles. The lowest BCUT2D eigenvalue weighted by molar-refractivity contribution is 0.276. The first-order valence-corrected chi connectivity index (χ1v) is 6.64. The van der Waals surface area contributed by atoms with Crippen LogP contribution in [0.1, 0.15) is 38.7 Å². The lowest BCUT2D eigenvalue weighted by Crippen LogP contribution is -2.08. The first-order valence-electron chi connectivity index (χ1n) is 6.64. The molecule has 0 amide bonds. The van der Waals surface area contributed by atoms with Crippen LogP contribution in [0.15, 0.2) is 18.2 Å². The third kappa shape index (κ3) is 3.65. The summed E-state index contributed by atoms with van der Waals surface area (Å²) in [6.07, 6.45) is 4.60. The van der Waals surface area contributed by atoms with Gasteiger partial charge in [-0.05, 0) is 43.2 Å². The van der Waals surface area contributed by atoms with Crippen LogP contribution in [0.4, 0.5) is 0 Å². The predicted molar refractivity (Wildman–Crippen MR) is 69.8 cm³/mol. The molecule has 0 fully saturated rings. The van der Waals surface area contributed by atoms with Crippen LogP contribution >= 0.6 is 0 Å². The second-order valence-electron chi connectivity index (χ2n) is 5.11. The fraction of sp³-hybridized carbons (Fsp3) is 0.600. The molecule has 0 saturated heterocycles. The largest absolute Gasteiger partial charge is 0.493 e. The van der Waals surface area contributed by atoms with E-state index in [2.05, 4.69) is 26.0 Å². The quantitative estimate of drug-likeness (QED) is 0.721. The molecule has 2 heteroatoms. The lowest BCUT2D eigenvalue weighted by Gasteiger charge is -2.18. The zero-order valence-corrected chi connectivity index (χ0v) is 10.9. The van der Waals surface area contributed by atoms with Crippen molar-refractivity contribution in [3.05, 3.63) is 23.8 Å². The van der Waals surface area contributed by atoms with E-state index >= 15 is 0 Å². The molecule has 0 saturated carbocycles. The van der Waals surface area contributed by atoms with Crippen LogP contribution in [0.5, 0.6) is 11.5 Å². The fourth-order valence-electron chi connectivity index (χ4n) is 2.09. The van der Waals surface area contributed by atoms with Crippen LogP contribution in [0.3, 0.4) is 0 Å². The molecule has 0 aromatic heterocycles. The average molecular weight is 234 g/mol. The van der Waals surface area contributed by atoms with Crippen molar-refractivity contribution in [1.29, 1.82) is 0 Å². The number of rotatable bonds is 5. The fourth-order valence-corrected chi connectivity index (χ4v) is 2.09. The molecular weight excluding hydrogens is 212 g/mol. The molecule has 0 aliphatic carbocycles. The summed E-state index contributed by atoms with van der Waals surface area (Å²) in [5, 5.41) is 0. The summed E-state index contributed by atoms with van der Waals surface area (Å²) in [6.45, 7) is 6.13. The molecule has 1 heterocycles. The van der Waals surface area contributed by atoms with Gasteiger partial charge in [-0.25, -0.2) is 0 Å². The highest BCUT2D eigenvalue weighted by molar-refractivity contribution is 5.41. The van der Waals surface area contributed by atoms with Crippen molar-refractivity contribution in [2.24, 2.45) is 5.92 Å². The first-order chi connectivity index (χ1) is 8.25. The molecule has 0 atom stereocenters. The molecule has 0 unspecified atom stereocenters. The molecule has 0 bridgehead atoms. The van der Waals surface area contributed by atoms with Gasteiger partial charge in [0.1, 0.15) is 11.5 Å². The predicted octanol–water partition coefficient (Wildman–Crippen LogP) is 3.83. The Morgan fingerprint density at radius 2 is 2.24 bits per heavy atom. The Kier molecular flexibility index (Phi) is 4.29. The number of benzene rings is 1. The van der Waals surface area contributed by atoms with E-state index in [4.69, 9.17) is 9.47 Å². The van der Waals surface area contributed by atoms with Crippen LogP contribution in [0, 0.1) is 5.92 Å². The third-order valence-corrected chi connectivity index (χ3v) is 3.08. The molecule has 0 N–H and O–H groups in total. The standard InChI is InChI=1S/C15H22O2/c1-12(2)5-3-9-16-14-8-7-13-6-4-10-17-15(13)11-14/h7-8,11-12H,3-6,9-10H2,1-2H3. The van der Waals surface area contributed by atoms with E-state index in [-0.39, 0.29) is 0 Å². The van der Waals surface area contributed by atoms with E-state index < -0.39 is 0 Å². The van der Waals surface area contributed by atoms with Gasteiger partial charge >= 0.3 is 0 Å². The molecule has 1 aromatic rings. The molecule has 1 aliphatic rings. The van der Waals surface area contributed by atoms with Crippen molar-refractivity contribution in [2.75, 3.05) is 13.2 Å². The van der Waals surface area contributed by atoms with E-state index in [9.17, 15) is 0 Å². The number of ether oxygens (including phenoxy) is 2. The summed E-state index contributed by atoms with van der Waals surface area (Å²) >= 11 is 0. The number of aryl methyl sites for hydroxylation is 1. The Morgan fingerprint density at radius 3 is 3.06 bits per heavy atom. The minimum Gasteiger partial charge on any atom is -0.493 e. The maximum Gasteiger partial charge on any atom is 0.126 e. The molecule has 1 aliphatic heterocycles. The highest BCUT2D eigenvalue weighted by Gasteiger charge is 2.10. The Morgan fingerprint density at radius 1 is 1.35 bits per heavy atom. The van der Waals surface area contributed by atoms with Crippen molar-refractivity contribution in [2.45, 2.75) is 39.5 Å². The zero-order chi connectivity index (χ0) is 12.1. The molecule has 0 radical (unpaired) electrons. The van der Waals surface area contributed by atoms with Gasteiger partial charge < -0.3 is 9.47 Å². The monoisotopic (exact) mass is 234 g/mol. The summed E-state index contributed by atoms with van der Waals surface area (Å²) in [4.78, 5) is 0. The normalized spacial score (nSPS) is 14.3. The summed E-state index contributed by atoms with van der Waals surface area (Å²) < 4.78 is 11.4. The van der Waals surface area contributed by atoms with Crippen molar-refractivity contribution < 1.29 is 9.47 Å². The van der Waals surface area contributed by atoms with Crippen LogP contribution in [-0.4, -0.2) is 13.2 Å². The highest BCUT2D eigenvalue weighted by atomic mass is 16.5. The first kappa shape index (κ1) is 12.3. The van der Waals surface area contributed by atoms with Crippen molar-refractivity contribution in [3.63, 3.8) is 0 Å². The van der Waals surface area contributed by atoms with Crippen molar-refractivity contribution in [3.8, 4) is 11.5 Å². The maximum absolute atomic E-state index is 5.74. The summed E-state index contributed by atoms with van der Waals surface area (Å²) in [5.41, 5.74) is 1.31. The summed E-state index contributed by atoms with van der Waals surface area (Å²) in [6, 6.07) is 6.22. The summed E-state index contributed by atoms with van der Waals surface area (Å²) in [5.74, 6) is 2.71. The molecule has 2 rings (SSSR count). The average Bonchev–Trinajstić information content (AvgIpc) is 2.34. The Balaban J connectivity index is 1.85. The van der Waals surface area contributed by atoms with Gasteiger partial charge in [0, 0.05) is 6.07 Å². The van der Waals surface area contributed by atoms with Gasteiger partial charge in [0.15, 0.2) is 0 Å². The van der Waals surface area contributed by atoms with E-state index in [1.54, 1.807) is 0 Å².